The third-order valence-electron chi connectivity index (χ3n) is 9.18. The molecule has 2 aromatic heterocycles. The second-order valence-electron chi connectivity index (χ2n) is 12.0. The molecule has 0 atom stereocenters. The number of nitrogens with zero attached hydrogens (tertiary/aromatic N) is 2. The Hall–Kier alpha value is -6.32. The van der Waals surface area contributed by atoms with Gasteiger partial charge in [-0.15, -0.1) is 0 Å². The fourth-order valence-electron chi connectivity index (χ4n) is 6.83. The Morgan fingerprint density at radius 1 is 0.404 bits per heavy atom. The number of fused-ring (bicyclic) bond motifs is 5. The Morgan fingerprint density at radius 3 is 1.60 bits per heavy atom. The van der Waals surface area contributed by atoms with Crippen LogP contribution < -0.4 is 4.90 Å². The van der Waals surface area contributed by atoms with Crippen LogP contribution in [0.5, 0.6) is 0 Å². The van der Waals surface area contributed by atoms with E-state index in [4.69, 9.17) is 0 Å². The van der Waals surface area contributed by atoms with Gasteiger partial charge in [0.1, 0.15) is 0 Å². The predicted octanol–water partition coefficient (Wildman–Crippen LogP) is 12.1. The molecule has 0 aliphatic rings. The molecule has 0 radical (unpaired) electrons. The number of anilines is 3. The van der Waals surface area contributed by atoms with Gasteiger partial charge in [-0.2, -0.15) is 0 Å². The lowest BCUT2D eigenvalue weighted by molar-refractivity contribution is 1.13. The van der Waals surface area contributed by atoms with Crippen molar-refractivity contribution in [3.63, 3.8) is 0 Å². The summed E-state index contributed by atoms with van der Waals surface area (Å²) in [7, 11) is 0. The molecule has 0 fully saturated rings. The molecular weight excluding hydrogens is 571 g/mol. The summed E-state index contributed by atoms with van der Waals surface area (Å²) in [5.41, 5.74) is 12.8. The molecule has 3 heteroatoms. The lowest BCUT2D eigenvalue weighted by Gasteiger charge is -2.26. The molecule has 222 valence electrons. The van der Waals surface area contributed by atoms with E-state index in [0.29, 0.717) is 0 Å². The van der Waals surface area contributed by atoms with Crippen LogP contribution in [0, 0.1) is 0 Å². The molecule has 0 saturated carbocycles. The van der Waals surface area contributed by atoms with Crippen molar-refractivity contribution in [3.05, 3.63) is 182 Å². The minimum absolute atomic E-state index is 1.12. The highest BCUT2D eigenvalue weighted by atomic mass is 15.1. The van der Waals surface area contributed by atoms with Gasteiger partial charge in [0.15, 0.2) is 0 Å². The number of aromatic amines is 1. The molecule has 0 amide bonds. The number of para-hydroxylation sites is 2. The van der Waals surface area contributed by atoms with Crippen LogP contribution in [-0.4, -0.2) is 9.55 Å². The first kappa shape index (κ1) is 27.0. The number of hydrogen-bond acceptors (Lipinski definition) is 1. The van der Waals surface area contributed by atoms with Gasteiger partial charge < -0.3 is 14.5 Å². The molecular formula is C44H31N3. The van der Waals surface area contributed by atoms with Crippen molar-refractivity contribution in [2.75, 3.05) is 4.90 Å². The highest BCUT2D eigenvalue weighted by Crippen LogP contribution is 2.37. The number of H-pyrrole nitrogens is 1. The van der Waals surface area contributed by atoms with E-state index in [1.807, 2.05) is 0 Å². The van der Waals surface area contributed by atoms with Gasteiger partial charge in [-0.05, 0) is 82.9 Å². The first-order chi connectivity index (χ1) is 23.3. The minimum Gasteiger partial charge on any atom is -0.353 e. The van der Waals surface area contributed by atoms with Crippen LogP contribution in [0.15, 0.2) is 182 Å². The van der Waals surface area contributed by atoms with Crippen LogP contribution in [0.25, 0.3) is 60.6 Å². The van der Waals surface area contributed by atoms with Crippen LogP contribution in [0.3, 0.4) is 0 Å². The molecule has 9 aromatic rings. The van der Waals surface area contributed by atoms with E-state index in [1.54, 1.807) is 0 Å². The molecule has 0 bridgehead atoms. The molecule has 0 aliphatic carbocycles. The van der Waals surface area contributed by atoms with Crippen LogP contribution in [-0.2, 0) is 0 Å². The number of aromatic nitrogens is 2. The van der Waals surface area contributed by atoms with Gasteiger partial charge in [-0.1, -0.05) is 115 Å². The monoisotopic (exact) mass is 601 g/mol. The van der Waals surface area contributed by atoms with Gasteiger partial charge in [0.05, 0.1) is 11.0 Å². The van der Waals surface area contributed by atoms with Crippen molar-refractivity contribution in [2.45, 2.75) is 0 Å². The van der Waals surface area contributed by atoms with Crippen molar-refractivity contribution in [3.8, 4) is 27.9 Å². The average molecular weight is 602 g/mol. The van der Waals surface area contributed by atoms with E-state index in [2.05, 4.69) is 197 Å². The van der Waals surface area contributed by atoms with E-state index in [9.17, 15) is 0 Å². The van der Waals surface area contributed by atoms with Crippen molar-refractivity contribution in [1.29, 1.82) is 0 Å². The molecule has 1 N–H and O–H groups in total. The maximum Gasteiger partial charge on any atom is 0.0771 e. The summed E-state index contributed by atoms with van der Waals surface area (Å²) in [5, 5.41) is 3.73. The highest BCUT2D eigenvalue weighted by Gasteiger charge is 2.14. The average Bonchev–Trinajstić information content (AvgIpc) is 3.75. The van der Waals surface area contributed by atoms with E-state index in [0.717, 1.165) is 28.3 Å². The number of rotatable bonds is 6. The third kappa shape index (κ3) is 4.77. The summed E-state index contributed by atoms with van der Waals surface area (Å²) in [5.74, 6) is 0. The zero-order valence-corrected chi connectivity index (χ0v) is 25.7. The summed E-state index contributed by atoms with van der Waals surface area (Å²) in [6, 6.07) is 62.8. The molecule has 7 aromatic carbocycles. The molecule has 2 heterocycles. The summed E-state index contributed by atoms with van der Waals surface area (Å²) in [4.78, 5) is 5.99. The van der Waals surface area contributed by atoms with Gasteiger partial charge in [-0.25, -0.2) is 0 Å². The maximum absolute atomic E-state index is 3.68. The van der Waals surface area contributed by atoms with E-state index in [-0.39, 0.29) is 0 Å². The van der Waals surface area contributed by atoms with E-state index in [1.165, 1.54) is 49.4 Å². The first-order valence-corrected chi connectivity index (χ1v) is 16.0. The number of benzene rings is 7. The van der Waals surface area contributed by atoms with Crippen molar-refractivity contribution >= 4 is 49.8 Å². The van der Waals surface area contributed by atoms with E-state index >= 15 is 0 Å². The van der Waals surface area contributed by atoms with Crippen LogP contribution >= 0.6 is 0 Å². The quantitative estimate of drug-likeness (QED) is 0.201. The van der Waals surface area contributed by atoms with Crippen LogP contribution in [0.1, 0.15) is 0 Å². The molecule has 0 unspecified atom stereocenters. The lowest BCUT2D eigenvalue weighted by Crippen LogP contribution is -2.09. The fraction of sp³-hybridized carbons (Fsp3) is 0. The summed E-state index contributed by atoms with van der Waals surface area (Å²) >= 11 is 0. The zero-order chi connectivity index (χ0) is 31.2. The van der Waals surface area contributed by atoms with E-state index < -0.39 is 0 Å². The van der Waals surface area contributed by atoms with Crippen LogP contribution in [0.2, 0.25) is 0 Å². The second kappa shape index (κ2) is 11.2. The van der Waals surface area contributed by atoms with Crippen molar-refractivity contribution in [2.24, 2.45) is 0 Å². The smallest absolute Gasteiger partial charge is 0.0771 e. The largest absolute Gasteiger partial charge is 0.353 e. The Kier molecular flexibility index (Phi) is 6.46. The number of nitrogens with one attached hydrogen (secondary N) is 1. The maximum atomic E-state index is 3.68. The molecule has 0 spiro atoms. The van der Waals surface area contributed by atoms with Crippen LogP contribution in [0.4, 0.5) is 17.1 Å². The molecule has 0 aliphatic heterocycles. The van der Waals surface area contributed by atoms with Gasteiger partial charge in [0, 0.05) is 50.6 Å². The fourth-order valence-corrected chi connectivity index (χ4v) is 6.83. The van der Waals surface area contributed by atoms with Gasteiger partial charge in [-0.3, -0.25) is 0 Å². The normalized spacial score (nSPS) is 11.4. The second-order valence-corrected chi connectivity index (χ2v) is 12.0. The SMILES string of the molecule is c1ccc(-c2ccc(N(c3ccccc3)c3ccc(-c4ccc(-n5ccc6ccc7c8ccccc8[nH]c7c65)cc4)cc3)cc2)cc1. The molecule has 47 heavy (non-hydrogen) atoms. The van der Waals surface area contributed by atoms with Gasteiger partial charge >= 0.3 is 0 Å². The molecule has 3 nitrogen and oxygen atoms in total. The summed E-state index contributed by atoms with van der Waals surface area (Å²) in [6.07, 6.45) is 2.17. The van der Waals surface area contributed by atoms with Crippen molar-refractivity contribution < 1.29 is 0 Å². The minimum atomic E-state index is 1.12. The lowest BCUT2D eigenvalue weighted by atomic mass is 10.0. The van der Waals surface area contributed by atoms with Gasteiger partial charge in [0.25, 0.3) is 0 Å². The summed E-state index contributed by atoms with van der Waals surface area (Å²) < 4.78 is 2.29. The predicted molar refractivity (Wildman–Crippen MR) is 198 cm³/mol. The molecule has 9 rings (SSSR count). The first-order valence-electron chi connectivity index (χ1n) is 16.0. The molecule has 0 saturated heterocycles. The Labute approximate surface area is 273 Å². The Balaban J connectivity index is 1.04. The Bertz CT molecular complexity index is 2470. The third-order valence-corrected chi connectivity index (χ3v) is 9.18. The zero-order valence-electron chi connectivity index (χ0n) is 25.7. The highest BCUT2D eigenvalue weighted by molar-refractivity contribution is 6.16. The van der Waals surface area contributed by atoms with Gasteiger partial charge in [0.2, 0.25) is 0 Å². The Morgan fingerprint density at radius 2 is 0.936 bits per heavy atom. The summed E-state index contributed by atoms with van der Waals surface area (Å²) in [6.45, 7) is 0. The standard InChI is InChI=1S/C44H31N3/c1-3-9-31(10-4-1)32-17-24-38(25-18-32)47(37-11-5-2-6-12-37)39-26-19-34(20-27-39)33-15-22-36(23-16-33)46-30-29-35-21-28-41-40-13-7-8-14-42(40)45-43(41)44(35)46/h1-30,45H. The van der Waals surface area contributed by atoms with Crippen molar-refractivity contribution in [1.82, 2.24) is 9.55 Å². The topological polar surface area (TPSA) is 24.0 Å². The number of hydrogen-bond donors (Lipinski definition) is 1.